The van der Waals surface area contributed by atoms with Crippen molar-refractivity contribution in [1.82, 2.24) is 56.8 Å². The molecule has 0 aromatic heterocycles. The molecule has 2 fully saturated rings. The van der Waals surface area contributed by atoms with E-state index in [4.69, 9.17) is 4.79 Å². The molecule has 2 unspecified atom stereocenters. The van der Waals surface area contributed by atoms with Crippen molar-refractivity contribution in [2.24, 2.45) is 17.1 Å². The summed E-state index contributed by atoms with van der Waals surface area (Å²) < 4.78 is 0. The largest absolute Gasteiger partial charge is 0.372 e. The first kappa shape index (κ1) is 55.7. The molecule has 3 atom stereocenters. The van der Waals surface area contributed by atoms with E-state index >= 15 is 0 Å². The molecule has 64 heavy (non-hydrogen) atoms. The molecule has 360 valence electrons. The minimum atomic E-state index is -1.55. The molecule has 0 saturated carbocycles. The fourth-order valence-electron chi connectivity index (χ4n) is 6.50. The van der Waals surface area contributed by atoms with Crippen LogP contribution in [-0.2, 0) is 57.5 Å². The van der Waals surface area contributed by atoms with Gasteiger partial charge in [-0.15, -0.1) is 0 Å². The van der Waals surface area contributed by atoms with E-state index in [2.05, 4.69) is 43.0 Å². The molecule has 0 spiro atoms. The monoisotopic (exact) mass is 909 g/mol. The van der Waals surface area contributed by atoms with Crippen LogP contribution < -0.4 is 43.0 Å². The van der Waals surface area contributed by atoms with Crippen LogP contribution in [0.15, 0.2) is 0 Å². The molecule has 12 amide bonds. The smallest absolute Gasteiger partial charge is 0.249 e. The summed E-state index contributed by atoms with van der Waals surface area (Å²) >= 11 is 0. The molecule has 2 aliphatic rings. The lowest BCUT2D eigenvalue weighted by Crippen LogP contribution is -2.71. The Bertz CT molecular complexity index is 1820. The highest BCUT2D eigenvalue weighted by Gasteiger charge is 2.54. The number of fused-ring (bicyclic) bond motifs is 1. The van der Waals surface area contributed by atoms with Gasteiger partial charge in [0, 0.05) is 34.2 Å². The van der Waals surface area contributed by atoms with Crippen LogP contribution in [0.3, 0.4) is 0 Å². The van der Waals surface area contributed by atoms with Crippen molar-refractivity contribution in [2.45, 2.75) is 97.8 Å². The van der Waals surface area contributed by atoms with Gasteiger partial charge in [0.05, 0.1) is 44.7 Å². The van der Waals surface area contributed by atoms with Crippen molar-refractivity contribution in [1.29, 1.82) is 0 Å². The molecule has 2 rings (SSSR count). The summed E-state index contributed by atoms with van der Waals surface area (Å²) in [5, 5.41) is 16.4. The van der Waals surface area contributed by atoms with Crippen LogP contribution in [0.5, 0.6) is 0 Å². The van der Waals surface area contributed by atoms with Crippen LogP contribution in [0.2, 0.25) is 0 Å². The summed E-state index contributed by atoms with van der Waals surface area (Å²) in [6.45, 7) is 11.3. The van der Waals surface area contributed by atoms with Crippen LogP contribution in [0.4, 0.5) is 0 Å². The second-order valence-electron chi connectivity index (χ2n) is 17.4. The van der Waals surface area contributed by atoms with Crippen LogP contribution in [0.1, 0.15) is 75.2 Å². The number of nitrogens with two attached hydrogens (primary N) is 1. The third-order valence-corrected chi connectivity index (χ3v) is 11.9. The zero-order chi connectivity index (χ0) is 49.5. The number of likely N-dealkylation sites (N-methyl/N-ethyl adjacent to an activating group) is 3. The highest BCUT2D eigenvalue weighted by Crippen LogP contribution is 2.35. The van der Waals surface area contributed by atoms with Gasteiger partial charge in [0.25, 0.3) is 0 Å². The molecule has 0 bridgehead atoms. The second kappa shape index (κ2) is 23.4. The third kappa shape index (κ3) is 14.1. The summed E-state index contributed by atoms with van der Waals surface area (Å²) in [5.41, 5.74) is -1.71. The second-order valence-corrected chi connectivity index (χ2v) is 17.4. The van der Waals surface area contributed by atoms with Gasteiger partial charge in [-0.1, -0.05) is 20.3 Å². The molecule has 24 heteroatoms. The Morgan fingerprint density at radius 3 is 1.27 bits per heavy atom. The van der Waals surface area contributed by atoms with Crippen molar-refractivity contribution in [2.75, 3.05) is 73.5 Å². The Morgan fingerprint density at radius 1 is 0.562 bits per heavy atom. The molecular weight excluding hydrogens is 841 g/mol. The average molecular weight is 909 g/mol. The van der Waals surface area contributed by atoms with Crippen LogP contribution in [-0.4, -0.2) is 187 Å². The third-order valence-electron chi connectivity index (χ3n) is 11.9. The molecule has 2 aliphatic heterocycles. The van der Waals surface area contributed by atoms with Gasteiger partial charge in [0.2, 0.25) is 71.4 Å². The number of carbonyl (C=O) groups excluding carboxylic acids is 12. The summed E-state index contributed by atoms with van der Waals surface area (Å²) in [6.07, 6.45) is 0.976. The van der Waals surface area contributed by atoms with Crippen LogP contribution in [0, 0.1) is 11.3 Å². The van der Waals surface area contributed by atoms with E-state index in [0.29, 0.717) is 6.42 Å². The van der Waals surface area contributed by atoms with Crippen molar-refractivity contribution >= 4 is 71.4 Å². The minimum Gasteiger partial charge on any atom is -0.372 e. The standard InChI is InChI=1S/C39H65N11O11.CH3NO/c1-13-23(2)39(9)35(61)48(11)38(7,8)34(60)50-15-14-24(50)31(57)45-21-29(55)43-19-27(53)41-17-25(51)40-16-26(52)42-18-28(54)44-20-30(56)46-22-36(3,4)32(58)47(10)37(5,6)33(59)49(39)12;2-1-3/h23-24H,13-22H2,1-12H3,(H,40,51)(H,41,53)(H,42,52)(H,43,55)(H,44,54)(H,45,57)(H,46,56);1H,(H2,2,3)/t23-,24?,39?;/m0./s1. The lowest BCUT2D eigenvalue weighted by molar-refractivity contribution is -0.170. The van der Waals surface area contributed by atoms with Gasteiger partial charge in [-0.3, -0.25) is 57.5 Å². The Hall–Kier alpha value is -6.36. The first-order chi connectivity index (χ1) is 29.5. The Balaban J connectivity index is 0.00000662. The summed E-state index contributed by atoms with van der Waals surface area (Å²) in [6, 6.07) is -0.955. The van der Waals surface area contributed by atoms with Crippen molar-refractivity contribution in [3.05, 3.63) is 0 Å². The predicted octanol–water partition coefficient (Wildman–Crippen LogP) is -4.72. The van der Waals surface area contributed by atoms with Gasteiger partial charge in [-0.2, -0.15) is 0 Å². The van der Waals surface area contributed by atoms with Gasteiger partial charge in [-0.25, -0.2) is 0 Å². The van der Waals surface area contributed by atoms with Crippen molar-refractivity contribution in [3.63, 3.8) is 0 Å². The quantitative estimate of drug-likeness (QED) is 0.121. The summed E-state index contributed by atoms with van der Waals surface area (Å²) in [4.78, 5) is 158. The highest BCUT2D eigenvalue weighted by atomic mass is 16.2. The van der Waals surface area contributed by atoms with E-state index in [-0.39, 0.29) is 25.9 Å². The molecule has 2 heterocycles. The Labute approximate surface area is 373 Å². The number of amides is 12. The number of rotatable bonds is 2. The average Bonchev–Trinajstić information content (AvgIpc) is 3.23. The number of primary amides is 1. The predicted molar refractivity (Wildman–Crippen MR) is 230 cm³/mol. The zero-order valence-electron chi connectivity index (χ0n) is 39.1. The fraction of sp³-hybridized carbons (Fsp3) is 0.700. The van der Waals surface area contributed by atoms with Crippen molar-refractivity contribution in [3.8, 4) is 0 Å². The maximum atomic E-state index is 14.7. The number of carbonyl (C=O) groups is 12. The van der Waals surface area contributed by atoms with Gasteiger partial charge in [0.15, 0.2) is 0 Å². The van der Waals surface area contributed by atoms with Crippen LogP contribution in [0.25, 0.3) is 0 Å². The Kier molecular flexibility index (Phi) is 20.3. The van der Waals surface area contributed by atoms with E-state index in [1.54, 1.807) is 27.7 Å². The molecular formula is C40H68N12O12. The fourth-order valence-corrected chi connectivity index (χ4v) is 6.50. The number of nitrogens with one attached hydrogen (secondary N) is 7. The number of hydrogen-bond acceptors (Lipinski definition) is 12. The maximum absolute atomic E-state index is 14.7. The molecule has 0 aromatic carbocycles. The van der Waals surface area contributed by atoms with Gasteiger partial charge < -0.3 is 62.6 Å². The van der Waals surface area contributed by atoms with Gasteiger partial charge in [0.1, 0.15) is 22.7 Å². The van der Waals surface area contributed by atoms with Crippen molar-refractivity contribution < 1.29 is 57.5 Å². The van der Waals surface area contributed by atoms with Gasteiger partial charge >= 0.3 is 0 Å². The molecule has 0 aromatic rings. The normalized spacial score (nSPS) is 24.9. The molecule has 24 nitrogen and oxygen atoms in total. The van der Waals surface area contributed by atoms with E-state index in [0.717, 1.165) is 0 Å². The molecule has 2 saturated heterocycles. The topological polar surface area (TPSA) is 328 Å². The number of nitrogens with zero attached hydrogens (tertiary/aromatic N) is 4. The molecule has 0 aliphatic carbocycles. The van der Waals surface area contributed by atoms with Gasteiger partial charge in [-0.05, 0) is 60.8 Å². The van der Waals surface area contributed by atoms with E-state index in [1.165, 1.54) is 68.4 Å². The maximum Gasteiger partial charge on any atom is 0.249 e. The first-order valence-electron chi connectivity index (χ1n) is 20.7. The highest BCUT2D eigenvalue weighted by molar-refractivity contribution is 6.01. The SMILES string of the molecule is CC[C@H](C)C1(C)C(=O)N(C)C(C)(C)C(=O)N2CCC2C(=O)NCC(=O)NCC(=O)NCC(=O)NCC(=O)NCC(=O)NCC(=O)NCC(C)(C)C(=O)N(C)C(C)(C)C(=O)N1C.NC=O. The lowest BCUT2D eigenvalue weighted by Gasteiger charge is -2.51. The Morgan fingerprint density at radius 2 is 0.906 bits per heavy atom. The van der Waals surface area contributed by atoms with Crippen LogP contribution >= 0.6 is 0 Å². The number of hydrogen-bond donors (Lipinski definition) is 8. The molecule has 9 N–H and O–H groups in total. The molecule has 0 radical (unpaired) electrons. The zero-order valence-corrected chi connectivity index (χ0v) is 39.1. The lowest BCUT2D eigenvalue weighted by atomic mass is 9.79. The van der Waals surface area contributed by atoms with E-state index < -0.39 is 138 Å². The minimum absolute atomic E-state index is 0.187. The summed E-state index contributed by atoms with van der Waals surface area (Å²) in [5.74, 6) is -7.69. The summed E-state index contributed by atoms with van der Waals surface area (Å²) in [7, 11) is 4.34. The van der Waals surface area contributed by atoms with E-state index in [9.17, 15) is 52.7 Å². The first-order valence-corrected chi connectivity index (χ1v) is 20.7. The van der Waals surface area contributed by atoms with E-state index in [1.807, 2.05) is 6.92 Å².